The van der Waals surface area contributed by atoms with Crippen LogP contribution in [0.2, 0.25) is 0 Å². The van der Waals surface area contributed by atoms with Gasteiger partial charge in [0, 0.05) is 21.9 Å². The van der Waals surface area contributed by atoms with Crippen molar-refractivity contribution in [3.63, 3.8) is 0 Å². The molecule has 3 fully saturated rings. The molecule has 3 saturated heterocycles. The quantitative estimate of drug-likeness (QED) is 0.0719. The number of primary amides is 1. The first-order chi connectivity index (χ1) is 17.4. The van der Waals surface area contributed by atoms with Crippen LogP contribution in [0.3, 0.4) is 0 Å². The molecule has 8 N–H and O–H groups in total. The smallest absolute Gasteiger partial charge is 0.370 e. The van der Waals surface area contributed by atoms with Crippen LogP contribution >= 0.6 is 11.3 Å². The Kier molecular flexibility index (Phi) is 6.65. The zero-order chi connectivity index (χ0) is 27.3. The molecule has 37 heavy (non-hydrogen) atoms. The van der Waals surface area contributed by atoms with Crippen molar-refractivity contribution in [2.24, 2.45) is 16.8 Å². The number of nitrogens with one attached hydrogen (secondary N) is 1. The summed E-state index contributed by atoms with van der Waals surface area (Å²) in [6.45, 7) is -2.21. The molecule has 0 radical (unpaired) electrons. The van der Waals surface area contributed by atoms with E-state index in [1.54, 1.807) is 0 Å². The number of hydrogen-bond acceptors (Lipinski definition) is 14. The van der Waals surface area contributed by atoms with Crippen LogP contribution in [0.15, 0.2) is 10.5 Å². The van der Waals surface area contributed by atoms with E-state index in [1.807, 2.05) is 0 Å². The van der Waals surface area contributed by atoms with Crippen LogP contribution in [0, 0.1) is 5.92 Å². The van der Waals surface area contributed by atoms with Gasteiger partial charge in [0.15, 0.2) is 10.8 Å². The van der Waals surface area contributed by atoms with Crippen LogP contribution in [-0.2, 0) is 44.3 Å². The lowest BCUT2D eigenvalue weighted by molar-refractivity contribution is -0.216. The first kappa shape index (κ1) is 26.4. The minimum atomic E-state index is -2.41. The number of aliphatic carboxylic acids is 1. The number of thiazole rings is 1. The zero-order valence-corrected chi connectivity index (χ0v) is 20.2. The Morgan fingerprint density at radius 2 is 2.05 bits per heavy atom. The van der Waals surface area contributed by atoms with E-state index in [2.05, 4.69) is 15.5 Å². The number of oxime groups is 1. The summed E-state index contributed by atoms with van der Waals surface area (Å²) in [4.78, 5) is 71.2. The van der Waals surface area contributed by atoms with Crippen molar-refractivity contribution in [2.75, 3.05) is 24.7 Å². The first-order valence-corrected chi connectivity index (χ1v) is 12.6. The largest absolute Gasteiger partial charge is 0.477 e. The fourth-order valence-corrected chi connectivity index (χ4v) is 6.61. The van der Waals surface area contributed by atoms with Crippen molar-refractivity contribution in [3.05, 3.63) is 11.1 Å². The topological polar surface area (TPSA) is 274 Å². The average molecular weight is 561 g/mol. The third kappa shape index (κ3) is 3.99. The van der Waals surface area contributed by atoms with Crippen molar-refractivity contribution in [3.8, 4) is 0 Å². The fraction of sp³-hybridized carbons (Fsp3) is 0.500. The highest BCUT2D eigenvalue weighted by Crippen LogP contribution is 2.47. The molecule has 0 aliphatic carbocycles. The molecule has 1 aromatic rings. The van der Waals surface area contributed by atoms with Crippen molar-refractivity contribution in [1.82, 2.24) is 15.2 Å². The van der Waals surface area contributed by atoms with Gasteiger partial charge in [0.25, 0.3) is 29.0 Å². The Balaban J connectivity index is 1.63. The lowest BCUT2D eigenvalue weighted by atomic mass is 9.89. The molecule has 4 heterocycles. The number of rotatable bonds is 9. The highest BCUT2D eigenvalue weighted by Gasteiger charge is 2.73. The van der Waals surface area contributed by atoms with Gasteiger partial charge in [-0.15, -0.1) is 11.3 Å². The molecule has 0 unspecified atom stereocenters. The number of carbonyl (C=O) groups is 5. The van der Waals surface area contributed by atoms with Crippen LogP contribution in [0.4, 0.5) is 5.13 Å². The zero-order valence-electron chi connectivity index (χ0n) is 18.6. The predicted octanol–water partition coefficient (Wildman–Crippen LogP) is -4.59. The Morgan fingerprint density at radius 3 is 2.59 bits per heavy atom. The first-order valence-electron chi connectivity index (χ1n) is 10.4. The van der Waals surface area contributed by atoms with E-state index in [-0.39, 0.29) is 23.0 Å². The number of esters is 1. The van der Waals surface area contributed by atoms with Crippen LogP contribution in [0.1, 0.15) is 12.1 Å². The van der Waals surface area contributed by atoms with Gasteiger partial charge in [-0.25, -0.2) is 9.78 Å². The Hall–Kier alpha value is -3.68. The summed E-state index contributed by atoms with van der Waals surface area (Å²) in [6.07, 6.45) is -0.345. The van der Waals surface area contributed by atoms with Gasteiger partial charge in [0.05, 0.1) is 25.6 Å². The molecule has 200 valence electrons. The SMILES string of the molecule is NC(=O)C(CO)(CO)O/N=C(\C(=O)N[C@@H]1C(=O)N2[C@@H]1[S@](=O)C[C@@H]1CC(=O)O[C@@]12C(=O)O)c1csc(N)n1. The molecule has 4 rings (SSSR count). The fourth-order valence-electron chi connectivity index (χ4n) is 4.15. The molecular weight excluding hydrogens is 540 g/mol. The van der Waals surface area contributed by atoms with Gasteiger partial charge >= 0.3 is 11.9 Å². The third-order valence-corrected chi connectivity index (χ3v) is 8.54. The molecule has 3 aliphatic heterocycles. The maximum absolute atomic E-state index is 13.1. The molecule has 0 aromatic carbocycles. The molecule has 3 aliphatic rings. The number of aliphatic hydroxyl groups is 2. The number of hydrogen-bond donors (Lipinski definition) is 6. The number of fused-ring (bicyclic) bond motifs is 3. The number of anilines is 1. The van der Waals surface area contributed by atoms with E-state index < -0.39 is 88.0 Å². The molecule has 0 spiro atoms. The normalized spacial score (nSPS) is 29.0. The van der Waals surface area contributed by atoms with E-state index in [1.165, 1.54) is 5.38 Å². The van der Waals surface area contributed by atoms with Crippen molar-refractivity contribution in [1.29, 1.82) is 0 Å². The summed E-state index contributed by atoms with van der Waals surface area (Å²) in [6, 6.07) is -1.51. The molecule has 3 amide bonds. The molecular formula is C18H20N6O11S2. The van der Waals surface area contributed by atoms with Gasteiger partial charge in [-0.05, 0) is 0 Å². The number of β-lactam (4-membered cyclic amide) rings is 1. The van der Waals surface area contributed by atoms with E-state index in [0.29, 0.717) is 4.90 Å². The third-order valence-electron chi connectivity index (χ3n) is 6.12. The minimum absolute atomic E-state index is 0.00208. The summed E-state index contributed by atoms with van der Waals surface area (Å²) in [7, 11) is -1.88. The van der Waals surface area contributed by atoms with Gasteiger partial charge < -0.3 is 41.7 Å². The average Bonchev–Trinajstić information content (AvgIpc) is 3.41. The standard InChI is InChI=1S/C18H20N6O11S2/c19-14(30)17(4-25,5-26)35-23-9(7-2-36-16(20)21-7)11(28)22-10-12(29)24-13(10)37(33)3-6-1-8(27)34-18(6,24)15(31)32/h2,6,10,13,25-26H,1,3-5H2,(H2,19,30)(H2,20,21)(H,22,28)(H,31,32)/b23-9-/t6-,10+,13+,18+,37+/m0/s1. The number of nitrogen functional groups attached to an aromatic ring is 1. The number of nitrogens with two attached hydrogens (primary N) is 2. The summed E-state index contributed by atoms with van der Waals surface area (Å²) in [5, 5.41) is 34.4. The van der Waals surface area contributed by atoms with E-state index in [0.717, 1.165) is 11.3 Å². The van der Waals surface area contributed by atoms with E-state index in [9.17, 15) is 43.5 Å². The predicted molar refractivity (Wildman–Crippen MR) is 120 cm³/mol. The van der Waals surface area contributed by atoms with Crippen molar-refractivity contribution in [2.45, 2.75) is 29.2 Å². The number of aromatic nitrogens is 1. The number of carbonyl (C=O) groups excluding carboxylic acids is 4. The van der Waals surface area contributed by atoms with Crippen LogP contribution in [0.5, 0.6) is 0 Å². The molecule has 1 aromatic heterocycles. The lowest BCUT2D eigenvalue weighted by Crippen LogP contribution is -2.83. The maximum atomic E-state index is 13.1. The highest BCUT2D eigenvalue weighted by atomic mass is 32.2. The number of ether oxygens (including phenoxy) is 1. The Morgan fingerprint density at radius 1 is 1.38 bits per heavy atom. The maximum Gasteiger partial charge on any atom is 0.370 e. The summed E-state index contributed by atoms with van der Waals surface area (Å²) in [5.74, 6) is -7.25. The van der Waals surface area contributed by atoms with E-state index >= 15 is 0 Å². The van der Waals surface area contributed by atoms with Gasteiger partial charge in [0.2, 0.25) is 0 Å². The molecule has 19 heteroatoms. The van der Waals surface area contributed by atoms with Gasteiger partial charge in [0.1, 0.15) is 17.1 Å². The summed E-state index contributed by atoms with van der Waals surface area (Å²) in [5.41, 5.74) is 5.15. The number of carboxylic acid groups (broad SMARTS) is 1. The summed E-state index contributed by atoms with van der Waals surface area (Å²) < 4.78 is 17.9. The van der Waals surface area contributed by atoms with Crippen LogP contribution in [0.25, 0.3) is 0 Å². The second kappa shape index (κ2) is 9.32. The number of aliphatic hydroxyl groups excluding tert-OH is 2. The van der Waals surface area contributed by atoms with E-state index in [4.69, 9.17) is 21.0 Å². The molecule has 0 bridgehead atoms. The Bertz CT molecular complexity index is 1250. The monoisotopic (exact) mass is 560 g/mol. The molecule has 17 nitrogen and oxygen atoms in total. The van der Waals surface area contributed by atoms with Gasteiger partial charge in [-0.1, -0.05) is 5.16 Å². The van der Waals surface area contributed by atoms with Crippen LogP contribution < -0.4 is 16.8 Å². The Labute approximate surface area is 212 Å². The highest BCUT2D eigenvalue weighted by molar-refractivity contribution is 7.85. The van der Waals surface area contributed by atoms with Crippen molar-refractivity contribution < 1.29 is 53.1 Å². The second-order valence-corrected chi connectivity index (χ2v) is 10.7. The number of carboxylic acids is 1. The lowest BCUT2D eigenvalue weighted by Gasteiger charge is -2.56. The van der Waals surface area contributed by atoms with Crippen LogP contribution in [-0.4, -0.2) is 106 Å². The number of nitrogens with zero attached hydrogens (tertiary/aromatic N) is 3. The molecule has 0 saturated carbocycles. The minimum Gasteiger partial charge on any atom is -0.477 e. The molecule has 5 atom stereocenters. The summed E-state index contributed by atoms with van der Waals surface area (Å²) >= 11 is 0.895. The second-order valence-electron chi connectivity index (χ2n) is 8.25. The number of amides is 3. The van der Waals surface area contributed by atoms with Crippen molar-refractivity contribution >= 4 is 62.6 Å². The van der Waals surface area contributed by atoms with Gasteiger partial charge in [-0.2, -0.15) is 0 Å². The van der Waals surface area contributed by atoms with Gasteiger partial charge in [-0.3, -0.25) is 28.3 Å².